The predicted molar refractivity (Wildman–Crippen MR) is 124 cm³/mol. The second-order valence-electron chi connectivity index (χ2n) is 7.87. The summed E-state index contributed by atoms with van der Waals surface area (Å²) in [5, 5.41) is 14.9. The summed E-state index contributed by atoms with van der Waals surface area (Å²) in [6.07, 6.45) is 1.51. The van der Waals surface area contributed by atoms with Gasteiger partial charge in [-0.2, -0.15) is 0 Å². The lowest BCUT2D eigenvalue weighted by molar-refractivity contribution is 0.0310. The predicted octanol–water partition coefficient (Wildman–Crippen LogP) is 3.71. The molecule has 7 nitrogen and oxygen atoms in total. The zero-order valence-corrected chi connectivity index (χ0v) is 18.3. The van der Waals surface area contributed by atoms with Gasteiger partial charge in [-0.25, -0.2) is 8.78 Å². The van der Waals surface area contributed by atoms with Gasteiger partial charge in [-0.1, -0.05) is 24.3 Å². The number of nitrogens with one attached hydrogen (secondary N) is 2. The molecule has 0 saturated heterocycles. The molecule has 2 aromatic carbocycles. The van der Waals surface area contributed by atoms with Crippen molar-refractivity contribution in [3.05, 3.63) is 76.7 Å². The smallest absolute Gasteiger partial charge is 0.130 e. The molecule has 1 atom stereocenters. The minimum absolute atomic E-state index is 0.00972. The van der Waals surface area contributed by atoms with E-state index < -0.39 is 24.7 Å². The van der Waals surface area contributed by atoms with E-state index in [2.05, 4.69) is 4.99 Å². The fraction of sp³-hybridized carbons (Fsp3) is 0.292. The van der Waals surface area contributed by atoms with Gasteiger partial charge in [0, 0.05) is 23.3 Å². The first kappa shape index (κ1) is 23.9. The van der Waals surface area contributed by atoms with Gasteiger partial charge in [-0.05, 0) is 36.8 Å². The van der Waals surface area contributed by atoms with Crippen LogP contribution < -0.4 is 16.2 Å². The molecule has 1 aliphatic rings. The summed E-state index contributed by atoms with van der Waals surface area (Å²) in [5.74, 6) is -0.160. The van der Waals surface area contributed by atoms with E-state index in [0.717, 1.165) is 5.56 Å². The van der Waals surface area contributed by atoms with Crippen LogP contribution in [0.5, 0.6) is 5.75 Å². The number of allylic oxidation sites excluding steroid dienone is 2. The Kier molecular flexibility index (Phi) is 7.42. The Morgan fingerprint density at radius 3 is 2.00 bits per heavy atom. The molecule has 6 N–H and O–H groups in total. The summed E-state index contributed by atoms with van der Waals surface area (Å²) in [6.45, 7) is -0.236. The number of nitrogen functional groups attached to an aromatic ring is 2. The van der Waals surface area contributed by atoms with Crippen LogP contribution in [0.3, 0.4) is 0 Å². The van der Waals surface area contributed by atoms with E-state index >= 15 is 0 Å². The molecule has 3 rings (SSSR count). The fourth-order valence-corrected chi connectivity index (χ4v) is 3.59. The minimum atomic E-state index is -1.55. The third-order valence-corrected chi connectivity index (χ3v) is 5.66. The van der Waals surface area contributed by atoms with Crippen LogP contribution in [0.25, 0.3) is 0 Å². The summed E-state index contributed by atoms with van der Waals surface area (Å²) in [5.41, 5.74) is 11.7. The first-order chi connectivity index (χ1) is 15.8. The number of ether oxygens (including phenoxy) is 2. The second-order valence-corrected chi connectivity index (χ2v) is 7.87. The Labute approximate surface area is 191 Å². The SMILES string of the molecule is CC1=C(OCc2ccc(C(=N)N)cc2)C(CF)(CF)C(COc2ccc(C(=N)N)cc2)C=N1. The van der Waals surface area contributed by atoms with Gasteiger partial charge in [-0.15, -0.1) is 0 Å². The zero-order chi connectivity index (χ0) is 24.0. The maximum atomic E-state index is 14.4. The molecule has 1 heterocycles. The Morgan fingerprint density at radius 1 is 0.939 bits per heavy atom. The van der Waals surface area contributed by atoms with Gasteiger partial charge >= 0.3 is 0 Å². The number of aliphatic imine (C=N–C) groups is 1. The number of hydrogen-bond donors (Lipinski definition) is 4. The number of benzene rings is 2. The molecule has 0 spiro atoms. The lowest BCUT2D eigenvalue weighted by atomic mass is 9.74. The molecule has 0 radical (unpaired) electrons. The van der Waals surface area contributed by atoms with E-state index in [0.29, 0.717) is 22.6 Å². The van der Waals surface area contributed by atoms with E-state index in [9.17, 15) is 8.78 Å². The summed E-state index contributed by atoms with van der Waals surface area (Å²) < 4.78 is 40.5. The number of nitrogens with zero attached hydrogens (tertiary/aromatic N) is 1. The molecule has 0 aliphatic carbocycles. The van der Waals surface area contributed by atoms with Gasteiger partial charge in [0.05, 0.1) is 17.7 Å². The van der Waals surface area contributed by atoms with Crippen LogP contribution in [0.4, 0.5) is 8.78 Å². The highest BCUT2D eigenvalue weighted by Crippen LogP contribution is 2.42. The van der Waals surface area contributed by atoms with Crippen LogP contribution >= 0.6 is 0 Å². The van der Waals surface area contributed by atoms with Crippen molar-refractivity contribution >= 4 is 17.9 Å². The van der Waals surface area contributed by atoms with Crippen LogP contribution in [-0.2, 0) is 11.3 Å². The van der Waals surface area contributed by atoms with Crippen molar-refractivity contribution in [1.29, 1.82) is 10.8 Å². The third-order valence-electron chi connectivity index (χ3n) is 5.66. The van der Waals surface area contributed by atoms with E-state index in [4.69, 9.17) is 31.8 Å². The Bertz CT molecular complexity index is 1060. The van der Waals surface area contributed by atoms with Crippen molar-refractivity contribution < 1.29 is 18.3 Å². The van der Waals surface area contributed by atoms with Crippen LogP contribution in [0.1, 0.15) is 23.6 Å². The average Bonchev–Trinajstić information content (AvgIpc) is 2.82. The first-order valence-electron chi connectivity index (χ1n) is 10.3. The van der Waals surface area contributed by atoms with Crippen LogP contribution in [0.15, 0.2) is 65.0 Å². The molecular weight excluding hydrogens is 428 g/mol. The number of halogens is 2. The number of nitrogens with two attached hydrogens (primary N) is 2. The molecule has 0 bridgehead atoms. The number of amidine groups is 2. The quantitative estimate of drug-likeness (QED) is 0.321. The molecule has 0 saturated carbocycles. The molecule has 0 amide bonds. The van der Waals surface area contributed by atoms with Gasteiger partial charge in [0.2, 0.25) is 0 Å². The monoisotopic (exact) mass is 455 g/mol. The van der Waals surface area contributed by atoms with Crippen molar-refractivity contribution in [3.63, 3.8) is 0 Å². The molecule has 2 aromatic rings. The molecule has 0 fully saturated rings. The van der Waals surface area contributed by atoms with Crippen LogP contribution in [-0.4, -0.2) is 37.8 Å². The number of hydrogen-bond acceptors (Lipinski definition) is 5. The van der Waals surface area contributed by atoms with E-state index in [1.807, 2.05) is 0 Å². The summed E-state index contributed by atoms with van der Waals surface area (Å²) in [7, 11) is 0. The third kappa shape index (κ3) is 5.19. The Balaban J connectivity index is 1.75. The molecule has 174 valence electrons. The van der Waals surface area contributed by atoms with Gasteiger partial charge in [0.1, 0.15) is 43.1 Å². The van der Waals surface area contributed by atoms with E-state index in [1.54, 1.807) is 55.5 Å². The van der Waals surface area contributed by atoms with Gasteiger partial charge in [0.25, 0.3) is 0 Å². The lowest BCUT2D eigenvalue weighted by Crippen LogP contribution is -2.44. The highest BCUT2D eigenvalue weighted by molar-refractivity contribution is 5.95. The minimum Gasteiger partial charge on any atom is -0.493 e. The molecule has 9 heteroatoms. The van der Waals surface area contributed by atoms with Crippen LogP contribution in [0.2, 0.25) is 0 Å². The maximum Gasteiger partial charge on any atom is 0.130 e. The lowest BCUT2D eigenvalue weighted by Gasteiger charge is -2.38. The highest BCUT2D eigenvalue weighted by atomic mass is 19.1. The second kappa shape index (κ2) is 10.2. The van der Waals surface area contributed by atoms with Crippen LogP contribution in [0, 0.1) is 22.2 Å². The standard InChI is InChI=1S/C24H27F2N5O2/c1-15-21(33-11-16-2-4-17(5-3-16)22(27)28)24(13-25,14-26)19(10-31-15)12-32-20-8-6-18(7-9-20)23(29)30/h2-10,19H,11-14H2,1H3,(H3,27,28)(H3,29,30). The topological polar surface area (TPSA) is 131 Å². The summed E-state index contributed by atoms with van der Waals surface area (Å²) in [6, 6.07) is 13.4. The van der Waals surface area contributed by atoms with E-state index in [1.165, 1.54) is 6.21 Å². The molecule has 33 heavy (non-hydrogen) atoms. The first-order valence-corrected chi connectivity index (χ1v) is 10.3. The molecule has 1 unspecified atom stereocenters. The zero-order valence-electron chi connectivity index (χ0n) is 18.3. The largest absolute Gasteiger partial charge is 0.493 e. The van der Waals surface area contributed by atoms with E-state index in [-0.39, 0.29) is 30.6 Å². The summed E-state index contributed by atoms with van der Waals surface area (Å²) in [4.78, 5) is 4.31. The average molecular weight is 456 g/mol. The Hall–Kier alpha value is -3.75. The van der Waals surface area contributed by atoms with Crippen molar-refractivity contribution in [2.45, 2.75) is 13.5 Å². The normalized spacial score (nSPS) is 17.0. The van der Waals surface area contributed by atoms with Gasteiger partial charge < -0.3 is 20.9 Å². The van der Waals surface area contributed by atoms with Crippen molar-refractivity contribution in [3.8, 4) is 5.75 Å². The van der Waals surface area contributed by atoms with Crippen molar-refractivity contribution in [1.82, 2.24) is 0 Å². The van der Waals surface area contributed by atoms with Crippen molar-refractivity contribution in [2.24, 2.45) is 27.8 Å². The van der Waals surface area contributed by atoms with Gasteiger partial charge in [-0.3, -0.25) is 15.8 Å². The number of rotatable bonds is 10. The fourth-order valence-electron chi connectivity index (χ4n) is 3.59. The molecule has 0 aromatic heterocycles. The molecule has 1 aliphatic heterocycles. The maximum absolute atomic E-state index is 14.4. The van der Waals surface area contributed by atoms with Gasteiger partial charge in [0.15, 0.2) is 0 Å². The molecular formula is C24H27F2N5O2. The Morgan fingerprint density at radius 2 is 1.48 bits per heavy atom. The highest BCUT2D eigenvalue weighted by Gasteiger charge is 2.47. The summed E-state index contributed by atoms with van der Waals surface area (Å²) >= 11 is 0. The number of alkyl halides is 2. The van der Waals surface area contributed by atoms with Crippen molar-refractivity contribution in [2.75, 3.05) is 20.0 Å².